The molecule has 1 N–H and O–H groups in total. The van der Waals surface area contributed by atoms with Crippen molar-refractivity contribution < 1.29 is 4.79 Å². The first-order chi connectivity index (χ1) is 11.1. The van der Waals surface area contributed by atoms with Gasteiger partial charge in [0.25, 0.3) is 5.91 Å². The lowest BCUT2D eigenvalue weighted by molar-refractivity contribution is 0.0933. The summed E-state index contributed by atoms with van der Waals surface area (Å²) in [5.74, 6) is -0.134. The Morgan fingerprint density at radius 3 is 1.96 bits per heavy atom. The third kappa shape index (κ3) is 3.31. The van der Waals surface area contributed by atoms with E-state index in [4.69, 9.17) is 0 Å². The number of aromatic nitrogens is 2. The predicted octanol–water partition coefficient (Wildman–Crippen LogP) is 3.25. The Balaban J connectivity index is 1.93. The maximum atomic E-state index is 12.7. The fraction of sp³-hybridized carbons (Fsp3) is 0.158. The summed E-state index contributed by atoms with van der Waals surface area (Å²) < 4.78 is 1.61. The van der Waals surface area contributed by atoms with Crippen molar-refractivity contribution in [3.63, 3.8) is 0 Å². The number of rotatable bonds is 4. The van der Waals surface area contributed by atoms with E-state index in [9.17, 15) is 4.79 Å². The van der Waals surface area contributed by atoms with Crippen LogP contribution in [-0.2, 0) is 7.05 Å². The van der Waals surface area contributed by atoms with Gasteiger partial charge in [-0.15, -0.1) is 0 Å². The number of hydrogen-bond acceptors (Lipinski definition) is 2. The molecule has 1 heterocycles. The Labute approximate surface area is 135 Å². The van der Waals surface area contributed by atoms with E-state index in [0.29, 0.717) is 5.69 Å². The summed E-state index contributed by atoms with van der Waals surface area (Å²) in [6.45, 7) is 1.88. The fourth-order valence-electron chi connectivity index (χ4n) is 2.68. The van der Waals surface area contributed by atoms with Crippen LogP contribution in [0.1, 0.15) is 33.4 Å². The van der Waals surface area contributed by atoms with E-state index in [1.54, 1.807) is 17.8 Å². The van der Waals surface area contributed by atoms with Crippen molar-refractivity contribution in [2.75, 3.05) is 0 Å². The zero-order valence-electron chi connectivity index (χ0n) is 13.2. The molecule has 0 aliphatic carbocycles. The molecule has 3 rings (SSSR count). The first kappa shape index (κ1) is 15.0. The molecule has 2 aromatic carbocycles. The molecule has 0 bridgehead atoms. The average molecular weight is 305 g/mol. The van der Waals surface area contributed by atoms with Crippen LogP contribution in [0.25, 0.3) is 0 Å². The smallest absolute Gasteiger partial charge is 0.270 e. The first-order valence-electron chi connectivity index (χ1n) is 7.56. The van der Waals surface area contributed by atoms with Crippen molar-refractivity contribution in [2.45, 2.75) is 13.0 Å². The molecule has 116 valence electrons. The van der Waals surface area contributed by atoms with Crippen LogP contribution in [-0.4, -0.2) is 15.7 Å². The average Bonchev–Trinajstić information content (AvgIpc) is 2.92. The van der Waals surface area contributed by atoms with E-state index in [2.05, 4.69) is 10.4 Å². The van der Waals surface area contributed by atoms with Crippen molar-refractivity contribution in [3.05, 3.63) is 89.2 Å². The van der Waals surface area contributed by atoms with Crippen molar-refractivity contribution >= 4 is 5.91 Å². The number of carbonyl (C=O) groups excluding carboxylic acids is 1. The summed E-state index contributed by atoms with van der Waals surface area (Å²) in [5, 5.41) is 7.36. The van der Waals surface area contributed by atoms with Gasteiger partial charge in [0.15, 0.2) is 0 Å². The molecule has 0 fully saturated rings. The number of hydrogen-bond donors (Lipinski definition) is 1. The van der Waals surface area contributed by atoms with Gasteiger partial charge in [-0.3, -0.25) is 9.48 Å². The number of aryl methyl sites for hydroxylation is 2. The van der Waals surface area contributed by atoms with Crippen molar-refractivity contribution in [1.82, 2.24) is 15.1 Å². The highest BCUT2D eigenvalue weighted by Gasteiger charge is 2.19. The van der Waals surface area contributed by atoms with E-state index in [1.807, 2.05) is 67.6 Å². The third-order valence-corrected chi connectivity index (χ3v) is 3.78. The molecule has 0 spiro atoms. The zero-order valence-corrected chi connectivity index (χ0v) is 13.2. The predicted molar refractivity (Wildman–Crippen MR) is 90.1 cm³/mol. The topological polar surface area (TPSA) is 46.9 Å². The van der Waals surface area contributed by atoms with Crippen LogP contribution in [0.15, 0.2) is 66.7 Å². The molecule has 0 radical (unpaired) electrons. The molecule has 0 saturated heterocycles. The molecule has 4 nitrogen and oxygen atoms in total. The van der Waals surface area contributed by atoms with E-state index in [-0.39, 0.29) is 11.9 Å². The van der Waals surface area contributed by atoms with Crippen LogP contribution >= 0.6 is 0 Å². The van der Waals surface area contributed by atoms with Gasteiger partial charge in [-0.1, -0.05) is 60.7 Å². The highest BCUT2D eigenvalue weighted by atomic mass is 16.2. The van der Waals surface area contributed by atoms with Crippen LogP contribution in [0.5, 0.6) is 0 Å². The second-order valence-electron chi connectivity index (χ2n) is 5.52. The van der Waals surface area contributed by atoms with E-state index < -0.39 is 0 Å². The molecule has 4 heteroatoms. The summed E-state index contributed by atoms with van der Waals surface area (Å²) in [5.41, 5.74) is 3.48. The number of benzene rings is 2. The monoisotopic (exact) mass is 305 g/mol. The molecular weight excluding hydrogens is 286 g/mol. The molecular formula is C19H19N3O. The molecule has 0 unspecified atom stereocenters. The van der Waals surface area contributed by atoms with Gasteiger partial charge < -0.3 is 5.32 Å². The summed E-state index contributed by atoms with van der Waals surface area (Å²) >= 11 is 0. The van der Waals surface area contributed by atoms with E-state index in [0.717, 1.165) is 16.8 Å². The number of nitrogens with one attached hydrogen (secondary N) is 1. The van der Waals surface area contributed by atoms with Gasteiger partial charge >= 0.3 is 0 Å². The number of nitrogens with zero attached hydrogens (tertiary/aromatic N) is 2. The van der Waals surface area contributed by atoms with Gasteiger partial charge in [-0.25, -0.2) is 0 Å². The molecule has 0 saturated carbocycles. The van der Waals surface area contributed by atoms with Gasteiger partial charge in [0.05, 0.1) is 11.7 Å². The van der Waals surface area contributed by atoms with E-state index >= 15 is 0 Å². The molecule has 1 amide bonds. The van der Waals surface area contributed by atoms with Gasteiger partial charge in [0, 0.05) is 7.05 Å². The van der Waals surface area contributed by atoms with Gasteiger partial charge in [-0.05, 0) is 24.1 Å². The maximum absolute atomic E-state index is 12.7. The lowest BCUT2D eigenvalue weighted by Crippen LogP contribution is -2.30. The Morgan fingerprint density at radius 2 is 1.52 bits per heavy atom. The normalized spacial score (nSPS) is 10.7. The van der Waals surface area contributed by atoms with Crippen molar-refractivity contribution in [3.8, 4) is 0 Å². The SMILES string of the molecule is Cc1cc(C(=O)NC(c2ccccc2)c2ccccc2)n(C)n1. The summed E-state index contributed by atoms with van der Waals surface area (Å²) in [6, 6.07) is 21.5. The second kappa shape index (κ2) is 6.48. The standard InChI is InChI=1S/C19H19N3O/c1-14-13-17(22(2)21-14)19(23)20-18(15-9-5-3-6-10-15)16-11-7-4-8-12-16/h3-13,18H,1-2H3,(H,20,23). The Kier molecular flexibility index (Phi) is 4.24. The summed E-state index contributed by atoms with van der Waals surface area (Å²) in [7, 11) is 1.78. The van der Waals surface area contributed by atoms with Crippen LogP contribution in [0.4, 0.5) is 0 Å². The largest absolute Gasteiger partial charge is 0.340 e. The zero-order chi connectivity index (χ0) is 16.2. The molecule has 1 aromatic heterocycles. The molecule has 3 aromatic rings. The van der Waals surface area contributed by atoms with Crippen molar-refractivity contribution in [1.29, 1.82) is 0 Å². The molecule has 0 atom stereocenters. The quantitative estimate of drug-likeness (QED) is 0.804. The highest BCUT2D eigenvalue weighted by Crippen LogP contribution is 2.22. The molecule has 0 aliphatic heterocycles. The Hall–Kier alpha value is -2.88. The second-order valence-corrected chi connectivity index (χ2v) is 5.52. The fourth-order valence-corrected chi connectivity index (χ4v) is 2.68. The first-order valence-corrected chi connectivity index (χ1v) is 7.56. The highest BCUT2D eigenvalue weighted by molar-refractivity contribution is 5.93. The third-order valence-electron chi connectivity index (χ3n) is 3.78. The Bertz CT molecular complexity index is 754. The van der Waals surface area contributed by atoms with Crippen LogP contribution in [0, 0.1) is 6.92 Å². The van der Waals surface area contributed by atoms with Crippen LogP contribution in [0.3, 0.4) is 0 Å². The minimum absolute atomic E-state index is 0.134. The van der Waals surface area contributed by atoms with E-state index in [1.165, 1.54) is 0 Å². The van der Waals surface area contributed by atoms with Crippen LogP contribution in [0.2, 0.25) is 0 Å². The van der Waals surface area contributed by atoms with Gasteiger partial charge in [-0.2, -0.15) is 5.10 Å². The Morgan fingerprint density at radius 1 is 1.00 bits per heavy atom. The number of carbonyl (C=O) groups is 1. The molecule has 23 heavy (non-hydrogen) atoms. The molecule has 0 aliphatic rings. The summed E-state index contributed by atoms with van der Waals surface area (Å²) in [6.07, 6.45) is 0. The minimum Gasteiger partial charge on any atom is -0.340 e. The maximum Gasteiger partial charge on any atom is 0.270 e. The minimum atomic E-state index is -0.194. The number of amides is 1. The van der Waals surface area contributed by atoms with Gasteiger partial charge in [0.2, 0.25) is 0 Å². The lowest BCUT2D eigenvalue weighted by atomic mass is 9.98. The van der Waals surface area contributed by atoms with Crippen molar-refractivity contribution in [2.24, 2.45) is 7.05 Å². The lowest BCUT2D eigenvalue weighted by Gasteiger charge is -2.20. The summed E-state index contributed by atoms with van der Waals surface area (Å²) in [4.78, 5) is 12.7. The van der Waals surface area contributed by atoms with Crippen LogP contribution < -0.4 is 5.32 Å². The van der Waals surface area contributed by atoms with Gasteiger partial charge in [0.1, 0.15) is 5.69 Å².